The molecular formula is C11H15BrN2. The van der Waals surface area contributed by atoms with Gasteiger partial charge in [0.15, 0.2) is 0 Å². The quantitative estimate of drug-likeness (QED) is 0.755. The van der Waals surface area contributed by atoms with Gasteiger partial charge in [-0.3, -0.25) is 0 Å². The van der Waals surface area contributed by atoms with Crippen molar-refractivity contribution in [2.24, 2.45) is 11.8 Å². The molecule has 0 amide bonds. The Balaban J connectivity index is 2.00. The van der Waals surface area contributed by atoms with Gasteiger partial charge >= 0.3 is 0 Å². The van der Waals surface area contributed by atoms with Gasteiger partial charge < -0.3 is 4.90 Å². The van der Waals surface area contributed by atoms with E-state index in [2.05, 4.69) is 45.7 Å². The number of nitrogens with zero attached hydrogens (tertiary/aromatic N) is 2. The molecule has 1 fully saturated rings. The highest BCUT2D eigenvalue weighted by atomic mass is 79.9. The fraction of sp³-hybridized carbons (Fsp3) is 0.545. The van der Waals surface area contributed by atoms with Crippen molar-refractivity contribution >= 4 is 21.7 Å². The smallest absolute Gasteiger partial charge is 0.129 e. The van der Waals surface area contributed by atoms with Crippen LogP contribution in [0.3, 0.4) is 0 Å². The average Bonchev–Trinajstić information content (AvgIpc) is 2.00. The van der Waals surface area contributed by atoms with E-state index in [1.165, 1.54) is 0 Å². The molecular weight excluding hydrogens is 240 g/mol. The van der Waals surface area contributed by atoms with E-state index in [1.54, 1.807) is 0 Å². The first-order chi connectivity index (χ1) is 6.66. The number of pyridine rings is 1. The van der Waals surface area contributed by atoms with Crippen LogP contribution >= 0.6 is 15.9 Å². The fourth-order valence-corrected chi connectivity index (χ4v) is 2.03. The number of hydrogen-bond donors (Lipinski definition) is 0. The van der Waals surface area contributed by atoms with Crippen LogP contribution in [-0.2, 0) is 0 Å². The lowest BCUT2D eigenvalue weighted by Crippen LogP contribution is -2.49. The SMILES string of the molecule is CC(C)C1CN(c2cccc(Br)n2)C1. The number of rotatable bonds is 2. The Hall–Kier alpha value is -0.570. The highest BCUT2D eigenvalue weighted by molar-refractivity contribution is 9.10. The zero-order valence-electron chi connectivity index (χ0n) is 8.57. The number of anilines is 1. The maximum atomic E-state index is 4.43. The molecule has 2 heterocycles. The lowest BCUT2D eigenvalue weighted by molar-refractivity contribution is 0.308. The molecule has 2 rings (SSSR count). The van der Waals surface area contributed by atoms with E-state index < -0.39 is 0 Å². The van der Waals surface area contributed by atoms with Crippen molar-refractivity contribution in [2.75, 3.05) is 18.0 Å². The molecule has 0 aromatic carbocycles. The molecule has 76 valence electrons. The van der Waals surface area contributed by atoms with E-state index >= 15 is 0 Å². The molecule has 0 bridgehead atoms. The number of aromatic nitrogens is 1. The van der Waals surface area contributed by atoms with Crippen LogP contribution in [0.25, 0.3) is 0 Å². The first kappa shape index (κ1) is 9.97. The van der Waals surface area contributed by atoms with Crippen LogP contribution in [0.15, 0.2) is 22.8 Å². The summed E-state index contributed by atoms with van der Waals surface area (Å²) in [5.74, 6) is 2.73. The van der Waals surface area contributed by atoms with Gasteiger partial charge in [-0.05, 0) is 39.9 Å². The zero-order chi connectivity index (χ0) is 10.1. The third-order valence-electron chi connectivity index (χ3n) is 2.88. The van der Waals surface area contributed by atoms with E-state index in [9.17, 15) is 0 Å². The summed E-state index contributed by atoms with van der Waals surface area (Å²) in [4.78, 5) is 6.76. The van der Waals surface area contributed by atoms with Gasteiger partial charge in [0.05, 0.1) is 0 Å². The van der Waals surface area contributed by atoms with Gasteiger partial charge in [-0.1, -0.05) is 19.9 Å². The number of halogens is 1. The molecule has 3 heteroatoms. The highest BCUT2D eigenvalue weighted by Crippen LogP contribution is 2.28. The second-order valence-electron chi connectivity index (χ2n) is 4.23. The molecule has 0 N–H and O–H groups in total. The van der Waals surface area contributed by atoms with Crippen molar-refractivity contribution in [3.8, 4) is 0 Å². The summed E-state index contributed by atoms with van der Waals surface area (Å²) in [6, 6.07) is 6.07. The lowest BCUT2D eigenvalue weighted by atomic mass is 9.88. The van der Waals surface area contributed by atoms with Crippen molar-refractivity contribution in [1.29, 1.82) is 0 Å². The van der Waals surface area contributed by atoms with E-state index in [4.69, 9.17) is 0 Å². The van der Waals surface area contributed by atoms with Crippen molar-refractivity contribution in [3.05, 3.63) is 22.8 Å². The summed E-state index contributed by atoms with van der Waals surface area (Å²) < 4.78 is 0.919. The standard InChI is InChI=1S/C11H15BrN2/c1-8(2)9-6-14(7-9)11-5-3-4-10(12)13-11/h3-5,8-9H,6-7H2,1-2H3. The summed E-state index contributed by atoms with van der Waals surface area (Å²) in [6.45, 7) is 6.88. The summed E-state index contributed by atoms with van der Waals surface area (Å²) in [5.41, 5.74) is 0. The van der Waals surface area contributed by atoms with Crippen LogP contribution < -0.4 is 4.90 Å². The molecule has 0 saturated carbocycles. The maximum absolute atomic E-state index is 4.43. The maximum Gasteiger partial charge on any atom is 0.129 e. The Morgan fingerprint density at radius 3 is 2.71 bits per heavy atom. The van der Waals surface area contributed by atoms with Crippen molar-refractivity contribution in [1.82, 2.24) is 4.98 Å². The Morgan fingerprint density at radius 2 is 2.14 bits per heavy atom. The first-order valence-corrected chi connectivity index (χ1v) is 5.83. The Bertz CT molecular complexity index is 319. The van der Waals surface area contributed by atoms with Gasteiger partial charge in [-0.2, -0.15) is 0 Å². The number of hydrogen-bond acceptors (Lipinski definition) is 2. The molecule has 0 unspecified atom stereocenters. The molecule has 14 heavy (non-hydrogen) atoms. The molecule has 0 aliphatic carbocycles. The summed E-state index contributed by atoms with van der Waals surface area (Å²) in [6.07, 6.45) is 0. The van der Waals surface area contributed by atoms with E-state index in [-0.39, 0.29) is 0 Å². The topological polar surface area (TPSA) is 16.1 Å². The van der Waals surface area contributed by atoms with Gasteiger partial charge in [-0.15, -0.1) is 0 Å². The van der Waals surface area contributed by atoms with Crippen molar-refractivity contribution in [2.45, 2.75) is 13.8 Å². The molecule has 0 spiro atoms. The van der Waals surface area contributed by atoms with Crippen LogP contribution in [0, 0.1) is 11.8 Å². The third-order valence-corrected chi connectivity index (χ3v) is 3.32. The third kappa shape index (κ3) is 1.92. The molecule has 1 saturated heterocycles. The summed E-state index contributed by atoms with van der Waals surface area (Å²) in [7, 11) is 0. The second-order valence-corrected chi connectivity index (χ2v) is 5.04. The van der Waals surface area contributed by atoms with Crippen LogP contribution in [-0.4, -0.2) is 18.1 Å². The predicted octanol–water partition coefficient (Wildman–Crippen LogP) is 2.94. The van der Waals surface area contributed by atoms with E-state index in [1.807, 2.05) is 12.1 Å². The van der Waals surface area contributed by atoms with Crippen molar-refractivity contribution < 1.29 is 0 Å². The average molecular weight is 255 g/mol. The van der Waals surface area contributed by atoms with Gasteiger partial charge in [0.25, 0.3) is 0 Å². The molecule has 1 aliphatic heterocycles. The molecule has 0 radical (unpaired) electrons. The lowest BCUT2D eigenvalue weighted by Gasteiger charge is -2.42. The minimum absolute atomic E-state index is 0.790. The molecule has 0 atom stereocenters. The monoisotopic (exact) mass is 254 g/mol. The molecule has 1 aromatic rings. The Labute approximate surface area is 93.5 Å². The molecule has 2 nitrogen and oxygen atoms in total. The Morgan fingerprint density at radius 1 is 1.43 bits per heavy atom. The van der Waals surface area contributed by atoms with Gasteiger partial charge in [0.1, 0.15) is 10.4 Å². The van der Waals surface area contributed by atoms with Gasteiger partial charge in [-0.25, -0.2) is 4.98 Å². The summed E-state index contributed by atoms with van der Waals surface area (Å²) in [5, 5.41) is 0. The van der Waals surface area contributed by atoms with Crippen LogP contribution in [0.1, 0.15) is 13.8 Å². The largest absolute Gasteiger partial charge is 0.356 e. The summed E-state index contributed by atoms with van der Waals surface area (Å²) >= 11 is 3.39. The van der Waals surface area contributed by atoms with E-state index in [0.29, 0.717) is 0 Å². The van der Waals surface area contributed by atoms with Gasteiger partial charge in [0.2, 0.25) is 0 Å². The molecule has 1 aromatic heterocycles. The first-order valence-electron chi connectivity index (χ1n) is 5.04. The Kier molecular flexibility index (Phi) is 2.77. The normalized spacial score (nSPS) is 17.3. The van der Waals surface area contributed by atoms with Crippen LogP contribution in [0.4, 0.5) is 5.82 Å². The minimum atomic E-state index is 0.790. The van der Waals surface area contributed by atoms with Crippen molar-refractivity contribution in [3.63, 3.8) is 0 Å². The van der Waals surface area contributed by atoms with Crippen LogP contribution in [0.5, 0.6) is 0 Å². The van der Waals surface area contributed by atoms with Gasteiger partial charge in [0, 0.05) is 13.1 Å². The molecule has 1 aliphatic rings. The second kappa shape index (κ2) is 3.89. The highest BCUT2D eigenvalue weighted by Gasteiger charge is 2.29. The zero-order valence-corrected chi connectivity index (χ0v) is 10.2. The van der Waals surface area contributed by atoms with Crippen LogP contribution in [0.2, 0.25) is 0 Å². The minimum Gasteiger partial charge on any atom is -0.356 e. The van der Waals surface area contributed by atoms with E-state index in [0.717, 1.165) is 35.3 Å². The predicted molar refractivity (Wildman–Crippen MR) is 62.5 cm³/mol. The fourth-order valence-electron chi connectivity index (χ4n) is 1.70.